The van der Waals surface area contributed by atoms with E-state index in [1.807, 2.05) is 20.0 Å². The second-order valence-electron chi connectivity index (χ2n) is 2.14. The van der Waals surface area contributed by atoms with Crippen molar-refractivity contribution in [2.45, 2.75) is 13.8 Å². The highest BCUT2D eigenvalue weighted by Gasteiger charge is 1.68. The normalized spacial score (nSPS) is 9.64. The molecule has 0 fully saturated rings. The lowest BCUT2D eigenvalue weighted by atomic mass is 10.4. The predicted molar refractivity (Wildman–Crippen MR) is 65.6 cm³/mol. The van der Waals surface area contributed by atoms with Crippen molar-refractivity contribution in [2.75, 3.05) is 13.7 Å². The summed E-state index contributed by atoms with van der Waals surface area (Å²) in [6, 6.07) is 0. The molecule has 0 aromatic heterocycles. The molecule has 0 rings (SSSR count). The van der Waals surface area contributed by atoms with Gasteiger partial charge in [-0.15, -0.1) is 13.2 Å². The monoisotopic (exact) mass is 197 g/mol. The van der Waals surface area contributed by atoms with Crippen molar-refractivity contribution >= 4 is 0 Å². The Morgan fingerprint density at radius 2 is 1.86 bits per heavy atom. The largest absolute Gasteiger partial charge is 0.385 e. The fourth-order valence-corrected chi connectivity index (χ4v) is 0.258. The van der Waals surface area contributed by atoms with Gasteiger partial charge >= 0.3 is 0 Å². The lowest BCUT2D eigenvalue weighted by molar-refractivity contribution is 0.215. The van der Waals surface area contributed by atoms with Crippen molar-refractivity contribution in [3.8, 4) is 0 Å². The first-order chi connectivity index (χ1) is 6.68. The van der Waals surface area contributed by atoms with Gasteiger partial charge in [-0.05, 0) is 40.1 Å². The van der Waals surface area contributed by atoms with Crippen LogP contribution in [0, 0.1) is 13.8 Å². The molecule has 2 radical (unpaired) electrons. The van der Waals surface area contributed by atoms with Crippen LogP contribution in [0.3, 0.4) is 0 Å². The quantitative estimate of drug-likeness (QED) is 0.702. The number of nitrogens with one attached hydrogen (secondary N) is 1. The first-order valence-electron chi connectivity index (χ1n) is 4.37. The minimum Gasteiger partial charge on any atom is -0.385 e. The minimum atomic E-state index is 0.819. The third-order valence-corrected chi connectivity index (χ3v) is 0.832. The molecule has 1 N–H and O–H groups in total. The number of methoxy groups -OCH3 is 1. The smallest absolute Gasteiger partial charge is 0.0433 e. The van der Waals surface area contributed by atoms with E-state index >= 15 is 0 Å². The molecule has 2 nitrogen and oxygen atoms in total. The Labute approximate surface area is 89.4 Å². The van der Waals surface area contributed by atoms with E-state index in [1.165, 1.54) is 0 Å². The van der Waals surface area contributed by atoms with E-state index in [9.17, 15) is 0 Å². The molecule has 82 valence electrons. The number of allylic oxidation sites excluding steroid dienone is 2. The van der Waals surface area contributed by atoms with Crippen molar-refractivity contribution in [2.24, 2.45) is 0 Å². The zero-order valence-corrected chi connectivity index (χ0v) is 9.68. The Morgan fingerprint density at radius 1 is 1.43 bits per heavy atom. The van der Waals surface area contributed by atoms with Crippen molar-refractivity contribution in [3.05, 3.63) is 51.1 Å². The van der Waals surface area contributed by atoms with Crippen LogP contribution in [0.15, 0.2) is 37.2 Å². The molecule has 14 heavy (non-hydrogen) atoms. The van der Waals surface area contributed by atoms with Gasteiger partial charge in [0.1, 0.15) is 0 Å². The second kappa shape index (κ2) is 22.7. The third-order valence-electron chi connectivity index (χ3n) is 0.832. The minimum absolute atomic E-state index is 0.819. The molecule has 0 spiro atoms. The van der Waals surface area contributed by atoms with Gasteiger partial charge in [-0.2, -0.15) is 0 Å². The summed E-state index contributed by atoms with van der Waals surface area (Å²) in [5.74, 6) is 0. The molecule has 0 aliphatic heterocycles. The van der Waals surface area contributed by atoms with E-state index in [0.29, 0.717) is 0 Å². The van der Waals surface area contributed by atoms with Crippen LogP contribution in [0.25, 0.3) is 0 Å². The summed E-state index contributed by atoms with van der Waals surface area (Å²) in [5.41, 5.74) is 1.00. The maximum Gasteiger partial charge on any atom is 0.0433 e. The van der Waals surface area contributed by atoms with Crippen molar-refractivity contribution < 1.29 is 4.74 Å². The maximum atomic E-state index is 4.54. The molecule has 0 saturated heterocycles. The molecule has 0 bridgehead atoms. The van der Waals surface area contributed by atoms with Crippen LogP contribution in [-0.4, -0.2) is 13.7 Å². The molecular formula is C12H23NO. The van der Waals surface area contributed by atoms with Gasteiger partial charge in [0.2, 0.25) is 0 Å². The van der Waals surface area contributed by atoms with Gasteiger partial charge in [0.05, 0.1) is 0 Å². The maximum absolute atomic E-state index is 4.54. The van der Waals surface area contributed by atoms with E-state index in [-0.39, 0.29) is 0 Å². The zero-order chi connectivity index (χ0) is 11.8. The molecule has 0 aromatic carbocycles. The molecule has 0 heterocycles. The molecular weight excluding hydrogens is 174 g/mol. The fraction of sp³-hybridized carbons (Fsp3) is 0.333. The molecule has 0 saturated carbocycles. The molecule has 0 aliphatic carbocycles. The van der Waals surface area contributed by atoms with Crippen molar-refractivity contribution in [1.29, 1.82) is 0 Å². The number of ether oxygens (including phenoxy) is 1. The van der Waals surface area contributed by atoms with Gasteiger partial charge in [-0.3, -0.25) is 0 Å². The van der Waals surface area contributed by atoms with Gasteiger partial charge in [0, 0.05) is 13.7 Å². The summed E-state index contributed by atoms with van der Waals surface area (Å²) >= 11 is 0. The van der Waals surface area contributed by atoms with Gasteiger partial charge in [-0.25, -0.2) is 0 Å². The number of hydrogen-bond acceptors (Lipinski definition) is 2. The number of hydrogen-bond donors (Lipinski definition) is 1. The Morgan fingerprint density at radius 3 is 2.07 bits per heavy atom. The standard InChI is InChI=1S/C7H11N.C3H8O.C2H4/c1-4-5-8-6-7(2)3;1-3-4-2;1-2/h4-6,8H,1-2H2,3H3;3H2,1-2H3;1-2H2/b5-4-,7-6+;;. The predicted octanol–water partition coefficient (Wildman–Crippen LogP) is 3.12. The van der Waals surface area contributed by atoms with Crippen LogP contribution in [0.2, 0.25) is 0 Å². The van der Waals surface area contributed by atoms with Crippen LogP contribution in [0.4, 0.5) is 0 Å². The molecule has 0 aromatic rings. The zero-order valence-electron chi connectivity index (χ0n) is 9.68. The van der Waals surface area contributed by atoms with Crippen molar-refractivity contribution in [3.63, 3.8) is 0 Å². The topological polar surface area (TPSA) is 21.3 Å². The van der Waals surface area contributed by atoms with Crippen LogP contribution < -0.4 is 5.32 Å². The van der Waals surface area contributed by atoms with Crippen LogP contribution in [0.1, 0.15) is 13.8 Å². The van der Waals surface area contributed by atoms with Crippen LogP contribution >= 0.6 is 0 Å². The van der Waals surface area contributed by atoms with Crippen LogP contribution in [-0.2, 0) is 4.74 Å². The summed E-state index contributed by atoms with van der Waals surface area (Å²) in [6.45, 7) is 17.8. The van der Waals surface area contributed by atoms with E-state index in [2.05, 4.69) is 37.1 Å². The molecule has 0 amide bonds. The summed E-state index contributed by atoms with van der Waals surface area (Å²) in [7, 11) is 1.68. The summed E-state index contributed by atoms with van der Waals surface area (Å²) in [4.78, 5) is 0. The first-order valence-corrected chi connectivity index (χ1v) is 4.37. The summed E-state index contributed by atoms with van der Waals surface area (Å²) < 4.78 is 4.54. The van der Waals surface area contributed by atoms with E-state index in [1.54, 1.807) is 19.4 Å². The van der Waals surface area contributed by atoms with E-state index in [4.69, 9.17) is 0 Å². The first kappa shape index (κ1) is 18.7. The van der Waals surface area contributed by atoms with Gasteiger partial charge in [0.25, 0.3) is 0 Å². The second-order valence-corrected chi connectivity index (χ2v) is 2.14. The highest BCUT2D eigenvalue weighted by molar-refractivity contribution is 5.01. The van der Waals surface area contributed by atoms with E-state index < -0.39 is 0 Å². The Hall–Kier alpha value is -1.02. The average Bonchev–Trinajstić information content (AvgIpc) is 2.21. The number of rotatable bonds is 3. The molecule has 0 aliphatic rings. The Kier molecular flexibility index (Phi) is 30.3. The van der Waals surface area contributed by atoms with E-state index in [0.717, 1.165) is 12.2 Å². The lowest BCUT2D eigenvalue weighted by Gasteiger charge is -1.88. The average molecular weight is 197 g/mol. The summed E-state index contributed by atoms with van der Waals surface area (Å²) in [6.07, 6.45) is 5.23. The third kappa shape index (κ3) is 44.1. The lowest BCUT2D eigenvalue weighted by Crippen LogP contribution is -1.91. The van der Waals surface area contributed by atoms with Crippen LogP contribution in [0.5, 0.6) is 0 Å². The molecule has 2 heteroatoms. The van der Waals surface area contributed by atoms with Gasteiger partial charge < -0.3 is 10.1 Å². The highest BCUT2D eigenvalue weighted by atomic mass is 16.5. The molecule has 0 atom stereocenters. The van der Waals surface area contributed by atoms with Gasteiger partial charge in [0.15, 0.2) is 0 Å². The Balaban J connectivity index is -0.000000170. The van der Waals surface area contributed by atoms with Gasteiger partial charge in [-0.1, -0.05) is 11.6 Å². The summed E-state index contributed by atoms with van der Waals surface area (Å²) in [5, 5.41) is 2.87. The SMILES string of the molecule is C=C.CCOC.[CH2]/C=C\N/C=C(\[CH2])C. The molecule has 0 unspecified atom stereocenters. The highest BCUT2D eigenvalue weighted by Crippen LogP contribution is 1.81. The Bertz CT molecular complexity index is 133. The van der Waals surface area contributed by atoms with Crippen molar-refractivity contribution in [1.82, 2.24) is 5.32 Å². The fourth-order valence-electron chi connectivity index (χ4n) is 0.258.